The monoisotopic (exact) mass is 270 g/mol. The van der Waals surface area contributed by atoms with E-state index in [1.165, 1.54) is 5.56 Å². The molecule has 0 atom stereocenters. The van der Waals surface area contributed by atoms with Crippen molar-refractivity contribution < 1.29 is 14.3 Å². The molecular weight excluding hydrogens is 252 g/mol. The van der Waals surface area contributed by atoms with Crippen molar-refractivity contribution >= 4 is 5.97 Å². The summed E-state index contributed by atoms with van der Waals surface area (Å²) in [6, 6.07) is 17.1. The summed E-state index contributed by atoms with van der Waals surface area (Å²) in [7, 11) is 1.60. The van der Waals surface area contributed by atoms with Gasteiger partial charge in [-0.2, -0.15) is 0 Å². The molecule has 0 unspecified atom stereocenters. The molecule has 0 saturated heterocycles. The number of rotatable bonds is 6. The predicted molar refractivity (Wildman–Crippen MR) is 78.0 cm³/mol. The molecule has 0 N–H and O–H groups in total. The van der Waals surface area contributed by atoms with E-state index in [9.17, 15) is 4.79 Å². The van der Waals surface area contributed by atoms with E-state index in [1.807, 2.05) is 18.2 Å². The van der Waals surface area contributed by atoms with Gasteiger partial charge in [0.15, 0.2) is 0 Å². The zero-order valence-corrected chi connectivity index (χ0v) is 11.5. The minimum atomic E-state index is -0.203. The van der Waals surface area contributed by atoms with Crippen molar-refractivity contribution in [1.29, 1.82) is 0 Å². The Morgan fingerprint density at radius 3 is 2.25 bits per heavy atom. The highest BCUT2D eigenvalue weighted by atomic mass is 16.5. The summed E-state index contributed by atoms with van der Waals surface area (Å²) in [5.74, 6) is 1.09. The highest BCUT2D eigenvalue weighted by molar-refractivity contribution is 5.72. The van der Waals surface area contributed by atoms with Crippen molar-refractivity contribution in [3.05, 3.63) is 60.2 Å². The van der Waals surface area contributed by atoms with E-state index in [2.05, 4.69) is 12.1 Å². The summed E-state index contributed by atoms with van der Waals surface area (Å²) in [4.78, 5) is 11.7. The maximum absolute atomic E-state index is 11.7. The third kappa shape index (κ3) is 4.43. The second kappa shape index (κ2) is 7.34. The van der Waals surface area contributed by atoms with Crippen LogP contribution in [0.15, 0.2) is 54.6 Å². The summed E-state index contributed by atoms with van der Waals surface area (Å²) in [6.45, 7) is 0. The van der Waals surface area contributed by atoms with Gasteiger partial charge in [0.25, 0.3) is 0 Å². The van der Waals surface area contributed by atoms with Gasteiger partial charge < -0.3 is 9.47 Å². The standard InChI is InChI=1S/C17H18O3/c1-19-15-10-12-16(13-11-15)20-17(18)9-5-8-14-6-3-2-4-7-14/h2-4,6-7,10-13H,5,8-9H2,1H3. The van der Waals surface area contributed by atoms with Gasteiger partial charge >= 0.3 is 5.97 Å². The quantitative estimate of drug-likeness (QED) is 0.594. The van der Waals surface area contributed by atoms with Crippen LogP contribution in [0.25, 0.3) is 0 Å². The molecule has 0 spiro atoms. The normalized spacial score (nSPS) is 10.1. The highest BCUT2D eigenvalue weighted by Crippen LogP contribution is 2.17. The Balaban J connectivity index is 1.74. The lowest BCUT2D eigenvalue weighted by molar-refractivity contribution is -0.134. The zero-order valence-electron chi connectivity index (χ0n) is 11.5. The molecule has 2 aromatic carbocycles. The summed E-state index contributed by atoms with van der Waals surface area (Å²) in [5, 5.41) is 0. The van der Waals surface area contributed by atoms with Gasteiger partial charge in [-0.15, -0.1) is 0 Å². The molecule has 0 fully saturated rings. The zero-order chi connectivity index (χ0) is 14.2. The average molecular weight is 270 g/mol. The van der Waals surface area contributed by atoms with Crippen molar-refractivity contribution in [2.75, 3.05) is 7.11 Å². The largest absolute Gasteiger partial charge is 0.497 e. The van der Waals surface area contributed by atoms with E-state index < -0.39 is 0 Å². The Kier molecular flexibility index (Phi) is 5.18. The molecule has 0 saturated carbocycles. The fraction of sp³-hybridized carbons (Fsp3) is 0.235. The van der Waals surface area contributed by atoms with Crippen LogP contribution in [-0.4, -0.2) is 13.1 Å². The van der Waals surface area contributed by atoms with Gasteiger partial charge in [-0.25, -0.2) is 0 Å². The fourth-order valence-electron chi connectivity index (χ4n) is 1.91. The molecule has 0 aliphatic heterocycles. The molecule has 0 radical (unpaired) electrons. The van der Waals surface area contributed by atoms with Crippen LogP contribution in [0.2, 0.25) is 0 Å². The summed E-state index contributed by atoms with van der Waals surface area (Å²) >= 11 is 0. The Morgan fingerprint density at radius 1 is 0.950 bits per heavy atom. The number of aryl methyl sites for hydroxylation is 1. The lowest BCUT2D eigenvalue weighted by Gasteiger charge is -2.05. The van der Waals surface area contributed by atoms with E-state index in [1.54, 1.807) is 31.4 Å². The third-order valence-corrected chi connectivity index (χ3v) is 2.98. The second-order valence-corrected chi connectivity index (χ2v) is 4.49. The SMILES string of the molecule is COc1ccc(OC(=O)CCCc2ccccc2)cc1. The number of carbonyl (C=O) groups excluding carboxylic acids is 1. The maximum atomic E-state index is 11.7. The van der Waals surface area contributed by atoms with Crippen LogP contribution in [0.4, 0.5) is 0 Å². The summed E-state index contributed by atoms with van der Waals surface area (Å²) < 4.78 is 10.3. The van der Waals surface area contributed by atoms with Gasteiger partial charge in [0.05, 0.1) is 7.11 Å². The first-order valence-corrected chi connectivity index (χ1v) is 6.66. The van der Waals surface area contributed by atoms with Crippen molar-refractivity contribution in [1.82, 2.24) is 0 Å². The van der Waals surface area contributed by atoms with Crippen LogP contribution in [0.3, 0.4) is 0 Å². The summed E-state index contributed by atoms with van der Waals surface area (Å²) in [5.41, 5.74) is 1.24. The first kappa shape index (κ1) is 14.1. The van der Waals surface area contributed by atoms with Gasteiger partial charge in [0.1, 0.15) is 11.5 Å². The molecular formula is C17H18O3. The number of esters is 1. The molecule has 0 aliphatic carbocycles. The topological polar surface area (TPSA) is 35.5 Å². The van der Waals surface area contributed by atoms with Gasteiger partial charge in [-0.1, -0.05) is 30.3 Å². The Morgan fingerprint density at radius 2 is 1.60 bits per heavy atom. The molecule has 0 amide bonds. The third-order valence-electron chi connectivity index (χ3n) is 2.98. The molecule has 2 aromatic rings. The smallest absolute Gasteiger partial charge is 0.311 e. The highest BCUT2D eigenvalue weighted by Gasteiger charge is 2.05. The minimum Gasteiger partial charge on any atom is -0.497 e. The molecule has 2 rings (SSSR count). The molecule has 20 heavy (non-hydrogen) atoms. The Labute approximate surface area is 119 Å². The minimum absolute atomic E-state index is 0.203. The van der Waals surface area contributed by atoms with Crippen LogP contribution in [-0.2, 0) is 11.2 Å². The number of methoxy groups -OCH3 is 1. The van der Waals surface area contributed by atoms with E-state index in [-0.39, 0.29) is 5.97 Å². The van der Waals surface area contributed by atoms with Crippen molar-refractivity contribution in [3.63, 3.8) is 0 Å². The fourth-order valence-corrected chi connectivity index (χ4v) is 1.91. The van der Waals surface area contributed by atoms with Gasteiger partial charge in [0.2, 0.25) is 0 Å². The number of hydrogen-bond donors (Lipinski definition) is 0. The van der Waals surface area contributed by atoms with Gasteiger partial charge in [-0.3, -0.25) is 4.79 Å². The number of ether oxygens (including phenoxy) is 2. The number of benzene rings is 2. The Hall–Kier alpha value is -2.29. The van der Waals surface area contributed by atoms with E-state index in [0.717, 1.165) is 18.6 Å². The molecule has 3 nitrogen and oxygen atoms in total. The summed E-state index contributed by atoms with van der Waals surface area (Å²) in [6.07, 6.45) is 2.10. The second-order valence-electron chi connectivity index (χ2n) is 4.49. The average Bonchev–Trinajstić information content (AvgIpc) is 2.49. The van der Waals surface area contributed by atoms with Crippen molar-refractivity contribution in [2.45, 2.75) is 19.3 Å². The lowest BCUT2D eigenvalue weighted by atomic mass is 10.1. The van der Waals surface area contributed by atoms with Gasteiger partial charge in [0, 0.05) is 6.42 Å². The molecule has 0 heterocycles. The van der Waals surface area contributed by atoms with Crippen LogP contribution >= 0.6 is 0 Å². The van der Waals surface area contributed by atoms with E-state index in [0.29, 0.717) is 12.2 Å². The van der Waals surface area contributed by atoms with Crippen LogP contribution in [0, 0.1) is 0 Å². The maximum Gasteiger partial charge on any atom is 0.311 e. The van der Waals surface area contributed by atoms with Crippen molar-refractivity contribution in [3.8, 4) is 11.5 Å². The van der Waals surface area contributed by atoms with Crippen LogP contribution in [0.1, 0.15) is 18.4 Å². The van der Waals surface area contributed by atoms with Crippen LogP contribution in [0.5, 0.6) is 11.5 Å². The number of carbonyl (C=O) groups is 1. The van der Waals surface area contributed by atoms with Crippen molar-refractivity contribution in [2.24, 2.45) is 0 Å². The molecule has 104 valence electrons. The molecule has 3 heteroatoms. The van der Waals surface area contributed by atoms with E-state index in [4.69, 9.17) is 9.47 Å². The Bertz CT molecular complexity index is 532. The van der Waals surface area contributed by atoms with Gasteiger partial charge in [-0.05, 0) is 42.7 Å². The van der Waals surface area contributed by atoms with E-state index >= 15 is 0 Å². The molecule has 0 aliphatic rings. The van der Waals surface area contributed by atoms with Crippen LogP contribution < -0.4 is 9.47 Å². The predicted octanol–water partition coefficient (Wildman–Crippen LogP) is 3.62. The first-order chi connectivity index (χ1) is 9.78. The molecule has 0 aromatic heterocycles. The number of hydrogen-bond acceptors (Lipinski definition) is 3. The first-order valence-electron chi connectivity index (χ1n) is 6.66. The lowest BCUT2D eigenvalue weighted by Crippen LogP contribution is -2.08. The molecule has 0 bridgehead atoms.